The molecule has 0 saturated heterocycles. The first-order valence-electron chi connectivity index (χ1n) is 6.14. The van der Waals surface area contributed by atoms with Gasteiger partial charge < -0.3 is 5.32 Å². The number of hydrogen-bond donors (Lipinski definition) is 1. The predicted octanol–water partition coefficient (Wildman–Crippen LogP) is 3.58. The lowest BCUT2D eigenvalue weighted by molar-refractivity contribution is 0.262. The molecule has 1 aliphatic rings. The molecule has 1 unspecified atom stereocenters. The van der Waals surface area contributed by atoms with Crippen molar-refractivity contribution in [3.05, 3.63) is 29.0 Å². The molecular formula is C13H19ClN2. The minimum atomic E-state index is 0.394. The zero-order chi connectivity index (χ0) is 11.4. The van der Waals surface area contributed by atoms with E-state index >= 15 is 0 Å². The summed E-state index contributed by atoms with van der Waals surface area (Å²) in [6.07, 6.45) is 8.93. The van der Waals surface area contributed by atoms with Crippen LogP contribution in [0.2, 0.25) is 5.02 Å². The van der Waals surface area contributed by atoms with Crippen molar-refractivity contribution in [2.75, 3.05) is 6.54 Å². The molecule has 0 aromatic carbocycles. The van der Waals surface area contributed by atoms with Crippen LogP contribution in [0.3, 0.4) is 0 Å². The summed E-state index contributed by atoms with van der Waals surface area (Å²) in [5.74, 6) is 0.883. The van der Waals surface area contributed by atoms with E-state index in [1.165, 1.54) is 31.2 Å². The molecule has 2 nitrogen and oxygen atoms in total. The van der Waals surface area contributed by atoms with Gasteiger partial charge in [0.1, 0.15) is 0 Å². The van der Waals surface area contributed by atoms with Crippen LogP contribution in [0.1, 0.15) is 44.2 Å². The average molecular weight is 239 g/mol. The fourth-order valence-electron chi connectivity index (χ4n) is 2.30. The minimum Gasteiger partial charge on any atom is -0.310 e. The summed E-state index contributed by atoms with van der Waals surface area (Å²) in [6, 6.07) is 2.43. The molecule has 0 aliphatic heterocycles. The Morgan fingerprint density at radius 1 is 1.56 bits per heavy atom. The van der Waals surface area contributed by atoms with E-state index in [0.29, 0.717) is 6.04 Å². The molecule has 1 fully saturated rings. The predicted molar refractivity (Wildman–Crippen MR) is 67.6 cm³/mol. The summed E-state index contributed by atoms with van der Waals surface area (Å²) in [4.78, 5) is 4.04. The van der Waals surface area contributed by atoms with Gasteiger partial charge in [-0.3, -0.25) is 4.98 Å². The lowest BCUT2D eigenvalue weighted by Gasteiger charge is -2.30. The Hall–Kier alpha value is -0.600. The highest BCUT2D eigenvalue weighted by Gasteiger charge is 2.23. The maximum atomic E-state index is 6.20. The van der Waals surface area contributed by atoms with Crippen LogP contribution < -0.4 is 5.32 Å². The highest BCUT2D eigenvalue weighted by molar-refractivity contribution is 6.31. The Kier molecular flexibility index (Phi) is 4.19. The lowest BCUT2D eigenvalue weighted by Crippen LogP contribution is -2.26. The minimum absolute atomic E-state index is 0.394. The van der Waals surface area contributed by atoms with Crippen molar-refractivity contribution in [2.45, 2.75) is 38.6 Å². The monoisotopic (exact) mass is 238 g/mol. The van der Waals surface area contributed by atoms with E-state index < -0.39 is 0 Å². The summed E-state index contributed by atoms with van der Waals surface area (Å²) in [7, 11) is 0. The van der Waals surface area contributed by atoms with Crippen LogP contribution in [0.4, 0.5) is 0 Å². The van der Waals surface area contributed by atoms with Crippen LogP contribution in [0, 0.1) is 5.92 Å². The molecule has 16 heavy (non-hydrogen) atoms. The highest BCUT2D eigenvalue weighted by atomic mass is 35.5. The Morgan fingerprint density at radius 2 is 2.38 bits per heavy atom. The molecule has 0 amide bonds. The number of hydrogen-bond acceptors (Lipinski definition) is 2. The maximum absolute atomic E-state index is 6.20. The molecule has 1 heterocycles. The molecule has 1 aromatic heterocycles. The van der Waals surface area contributed by atoms with Crippen LogP contribution >= 0.6 is 11.6 Å². The molecular weight excluding hydrogens is 220 g/mol. The zero-order valence-corrected chi connectivity index (χ0v) is 10.5. The van der Waals surface area contributed by atoms with E-state index in [1.54, 1.807) is 6.20 Å². The van der Waals surface area contributed by atoms with E-state index in [1.807, 2.05) is 12.3 Å². The molecule has 1 N–H and O–H groups in total. The first kappa shape index (κ1) is 11.9. The van der Waals surface area contributed by atoms with Crippen molar-refractivity contribution < 1.29 is 0 Å². The van der Waals surface area contributed by atoms with E-state index in [4.69, 9.17) is 11.6 Å². The molecule has 88 valence electrons. The largest absolute Gasteiger partial charge is 0.310 e. The fourth-order valence-corrected chi connectivity index (χ4v) is 2.55. The number of nitrogens with zero attached hydrogens (tertiary/aromatic N) is 1. The zero-order valence-electron chi connectivity index (χ0n) is 9.75. The van der Waals surface area contributed by atoms with Crippen LogP contribution in [0.25, 0.3) is 0 Å². The van der Waals surface area contributed by atoms with Gasteiger partial charge in [0.15, 0.2) is 0 Å². The third-order valence-corrected chi connectivity index (χ3v) is 3.74. The topological polar surface area (TPSA) is 24.9 Å². The summed E-state index contributed by atoms with van der Waals surface area (Å²) >= 11 is 6.20. The molecule has 0 spiro atoms. The van der Waals surface area contributed by atoms with E-state index in [-0.39, 0.29) is 0 Å². The quantitative estimate of drug-likeness (QED) is 0.848. The van der Waals surface area contributed by atoms with Gasteiger partial charge in [-0.25, -0.2) is 0 Å². The van der Waals surface area contributed by atoms with Gasteiger partial charge in [-0.2, -0.15) is 0 Å². The van der Waals surface area contributed by atoms with Crippen LogP contribution in [-0.2, 0) is 0 Å². The molecule has 3 heteroatoms. The summed E-state index contributed by atoms with van der Waals surface area (Å²) in [5, 5.41) is 4.31. The van der Waals surface area contributed by atoms with Crippen molar-refractivity contribution in [1.29, 1.82) is 0 Å². The third kappa shape index (κ3) is 2.74. The third-order valence-electron chi connectivity index (χ3n) is 3.42. The van der Waals surface area contributed by atoms with Crippen molar-refractivity contribution in [3.63, 3.8) is 0 Å². The van der Waals surface area contributed by atoms with Crippen LogP contribution in [0.15, 0.2) is 18.5 Å². The highest BCUT2D eigenvalue weighted by Crippen LogP contribution is 2.36. The summed E-state index contributed by atoms with van der Waals surface area (Å²) in [5.41, 5.74) is 1.20. The average Bonchev–Trinajstić information content (AvgIpc) is 2.23. The lowest BCUT2D eigenvalue weighted by atomic mass is 9.79. The number of rotatable bonds is 5. The van der Waals surface area contributed by atoms with Gasteiger partial charge in [0.05, 0.1) is 5.02 Å². The van der Waals surface area contributed by atoms with E-state index in [9.17, 15) is 0 Å². The SMILES string of the molecule is CCNC(CC1CCC1)c1ccncc1Cl. The van der Waals surface area contributed by atoms with Gasteiger partial charge in [0.2, 0.25) is 0 Å². The van der Waals surface area contributed by atoms with Crippen molar-refractivity contribution >= 4 is 11.6 Å². The first-order chi connectivity index (χ1) is 7.81. The second-order valence-electron chi connectivity index (χ2n) is 4.54. The summed E-state index contributed by atoms with van der Waals surface area (Å²) in [6.45, 7) is 3.12. The second kappa shape index (κ2) is 5.65. The number of nitrogens with one attached hydrogen (secondary N) is 1. The maximum Gasteiger partial charge on any atom is 0.0637 e. The van der Waals surface area contributed by atoms with Gasteiger partial charge >= 0.3 is 0 Å². The standard InChI is InChI=1S/C13H19ClN2/c1-2-16-13(8-10-4-3-5-10)11-6-7-15-9-12(11)14/h6-7,9-10,13,16H,2-5,8H2,1H3. The van der Waals surface area contributed by atoms with Crippen molar-refractivity contribution in [2.24, 2.45) is 5.92 Å². The first-order valence-corrected chi connectivity index (χ1v) is 6.52. The number of pyridine rings is 1. The smallest absolute Gasteiger partial charge is 0.0637 e. The molecule has 1 aromatic rings. The van der Waals surface area contributed by atoms with Crippen LogP contribution in [-0.4, -0.2) is 11.5 Å². The van der Waals surface area contributed by atoms with Gasteiger partial charge in [0.25, 0.3) is 0 Å². The number of halogens is 1. The fraction of sp³-hybridized carbons (Fsp3) is 0.615. The molecule has 1 saturated carbocycles. The van der Waals surface area contributed by atoms with Crippen molar-refractivity contribution in [3.8, 4) is 0 Å². The molecule has 0 radical (unpaired) electrons. The Morgan fingerprint density at radius 3 is 2.94 bits per heavy atom. The number of aromatic nitrogens is 1. The van der Waals surface area contributed by atoms with Gasteiger partial charge in [-0.05, 0) is 30.5 Å². The van der Waals surface area contributed by atoms with Crippen molar-refractivity contribution in [1.82, 2.24) is 10.3 Å². The Labute approximate surface area is 102 Å². The van der Waals surface area contributed by atoms with Crippen LogP contribution in [0.5, 0.6) is 0 Å². The van der Waals surface area contributed by atoms with Gasteiger partial charge in [0, 0.05) is 18.4 Å². The van der Waals surface area contributed by atoms with Gasteiger partial charge in [-0.15, -0.1) is 0 Å². The second-order valence-corrected chi connectivity index (χ2v) is 4.95. The molecule has 1 atom stereocenters. The molecule has 1 aliphatic carbocycles. The molecule has 0 bridgehead atoms. The van der Waals surface area contributed by atoms with E-state index in [2.05, 4.69) is 17.2 Å². The Balaban J connectivity index is 2.08. The van der Waals surface area contributed by atoms with Gasteiger partial charge in [-0.1, -0.05) is 37.8 Å². The van der Waals surface area contributed by atoms with E-state index in [0.717, 1.165) is 17.5 Å². The molecule has 2 rings (SSSR count). The normalized spacial score (nSPS) is 18.1. The Bertz CT molecular complexity index is 336. The summed E-state index contributed by atoms with van der Waals surface area (Å²) < 4.78 is 0.